The zero-order valence-corrected chi connectivity index (χ0v) is 16.9. The van der Waals surface area contributed by atoms with Gasteiger partial charge in [-0.1, -0.05) is 6.92 Å². The Balaban J connectivity index is 1.88. The number of alkyl halides is 3. The molecule has 2 heterocycles. The van der Waals surface area contributed by atoms with Gasteiger partial charge in [-0.3, -0.25) is 9.69 Å². The van der Waals surface area contributed by atoms with Crippen LogP contribution in [0.2, 0.25) is 0 Å². The summed E-state index contributed by atoms with van der Waals surface area (Å²) in [6.07, 6.45) is -3.80. The van der Waals surface area contributed by atoms with Crippen molar-refractivity contribution in [3.05, 3.63) is 51.4 Å². The van der Waals surface area contributed by atoms with E-state index in [1.807, 2.05) is 0 Å². The highest BCUT2D eigenvalue weighted by Gasteiger charge is 2.31. The Bertz CT molecular complexity index is 907. The fraction of sp³-hybridized carbons (Fsp3) is 0.400. The SMILES string of the molecule is CCOC(=O)c1c(NC(=O)c2ccc(C(F)(F)F)cc2)sc2c1CCN(CC)C2. The monoisotopic (exact) mass is 426 g/mol. The summed E-state index contributed by atoms with van der Waals surface area (Å²) in [6.45, 7) is 6.32. The number of rotatable bonds is 5. The molecule has 2 aromatic rings. The Morgan fingerprint density at radius 3 is 2.48 bits per heavy atom. The maximum Gasteiger partial charge on any atom is 0.416 e. The fourth-order valence-electron chi connectivity index (χ4n) is 3.22. The zero-order valence-electron chi connectivity index (χ0n) is 16.1. The summed E-state index contributed by atoms with van der Waals surface area (Å²) in [6, 6.07) is 3.96. The van der Waals surface area contributed by atoms with Crippen LogP contribution in [0.4, 0.5) is 18.2 Å². The maximum absolute atomic E-state index is 12.7. The molecule has 0 aliphatic carbocycles. The molecule has 0 spiro atoms. The molecular formula is C20H21F3N2O3S. The number of fused-ring (bicyclic) bond motifs is 1. The van der Waals surface area contributed by atoms with E-state index >= 15 is 0 Å². The second-order valence-electron chi connectivity index (χ2n) is 6.58. The van der Waals surface area contributed by atoms with Gasteiger partial charge < -0.3 is 10.1 Å². The summed E-state index contributed by atoms with van der Waals surface area (Å²) < 4.78 is 43.3. The summed E-state index contributed by atoms with van der Waals surface area (Å²) in [5.41, 5.74) is 0.477. The van der Waals surface area contributed by atoms with Crippen LogP contribution in [0.3, 0.4) is 0 Å². The van der Waals surface area contributed by atoms with Gasteiger partial charge in [0.1, 0.15) is 5.00 Å². The molecule has 29 heavy (non-hydrogen) atoms. The highest BCUT2D eigenvalue weighted by Crippen LogP contribution is 2.38. The standard InChI is InChI=1S/C20H21F3N2O3S/c1-3-25-10-9-14-15(11-25)29-18(16(14)19(27)28-4-2)24-17(26)12-5-7-13(8-6-12)20(21,22)23/h5-8H,3-4,9-11H2,1-2H3,(H,24,26). The largest absolute Gasteiger partial charge is 0.462 e. The number of amides is 1. The fourth-order valence-corrected chi connectivity index (χ4v) is 4.49. The normalized spacial score (nSPS) is 14.4. The van der Waals surface area contributed by atoms with Crippen LogP contribution >= 0.6 is 11.3 Å². The molecule has 1 aliphatic rings. The van der Waals surface area contributed by atoms with Gasteiger partial charge in [-0.15, -0.1) is 11.3 Å². The lowest BCUT2D eigenvalue weighted by atomic mass is 10.0. The quantitative estimate of drug-likeness (QED) is 0.712. The Morgan fingerprint density at radius 2 is 1.90 bits per heavy atom. The molecule has 1 aromatic heterocycles. The third kappa shape index (κ3) is 4.62. The smallest absolute Gasteiger partial charge is 0.416 e. The van der Waals surface area contributed by atoms with Crippen molar-refractivity contribution in [2.45, 2.75) is 33.0 Å². The zero-order chi connectivity index (χ0) is 21.2. The van der Waals surface area contributed by atoms with Crippen LogP contribution in [0, 0.1) is 0 Å². The van der Waals surface area contributed by atoms with Crippen molar-refractivity contribution in [2.24, 2.45) is 0 Å². The Hall–Kier alpha value is -2.39. The van der Waals surface area contributed by atoms with Gasteiger partial charge in [0.15, 0.2) is 0 Å². The highest BCUT2D eigenvalue weighted by molar-refractivity contribution is 7.17. The van der Waals surface area contributed by atoms with Crippen molar-refractivity contribution < 1.29 is 27.5 Å². The lowest BCUT2D eigenvalue weighted by Crippen LogP contribution is -2.30. The number of carbonyl (C=O) groups excluding carboxylic acids is 2. The van der Waals surface area contributed by atoms with Crippen LogP contribution < -0.4 is 5.32 Å². The topological polar surface area (TPSA) is 58.6 Å². The molecule has 156 valence electrons. The minimum atomic E-state index is -4.47. The summed E-state index contributed by atoms with van der Waals surface area (Å²) in [4.78, 5) is 28.3. The first-order chi connectivity index (χ1) is 13.7. The third-order valence-corrected chi connectivity index (χ3v) is 5.90. The van der Waals surface area contributed by atoms with E-state index in [1.165, 1.54) is 11.3 Å². The van der Waals surface area contributed by atoms with Gasteiger partial charge in [-0.25, -0.2) is 4.79 Å². The molecule has 0 unspecified atom stereocenters. The van der Waals surface area contributed by atoms with Crippen LogP contribution in [-0.2, 0) is 23.9 Å². The molecule has 3 rings (SSSR count). The van der Waals surface area contributed by atoms with Crippen molar-refractivity contribution in [3.63, 3.8) is 0 Å². The molecular weight excluding hydrogens is 405 g/mol. The molecule has 0 saturated heterocycles. The first kappa shape index (κ1) is 21.3. The molecule has 0 bridgehead atoms. The van der Waals surface area contributed by atoms with Gasteiger partial charge >= 0.3 is 12.1 Å². The van der Waals surface area contributed by atoms with Crippen LogP contribution in [0.15, 0.2) is 24.3 Å². The number of anilines is 1. The van der Waals surface area contributed by atoms with E-state index < -0.39 is 23.6 Å². The molecule has 9 heteroatoms. The number of hydrogen-bond acceptors (Lipinski definition) is 5. The summed E-state index contributed by atoms with van der Waals surface area (Å²) >= 11 is 1.31. The molecule has 0 atom stereocenters. The number of nitrogens with one attached hydrogen (secondary N) is 1. The summed E-state index contributed by atoms with van der Waals surface area (Å²) in [7, 11) is 0. The van der Waals surface area contributed by atoms with Crippen LogP contribution in [0.1, 0.15) is 50.6 Å². The molecule has 1 aromatic carbocycles. The lowest BCUT2D eigenvalue weighted by Gasteiger charge is -2.25. The van der Waals surface area contributed by atoms with Crippen molar-refractivity contribution >= 4 is 28.2 Å². The Kier molecular flexibility index (Phi) is 6.28. The molecule has 1 aliphatic heterocycles. The van der Waals surface area contributed by atoms with Crippen molar-refractivity contribution in [1.29, 1.82) is 0 Å². The van der Waals surface area contributed by atoms with Gasteiger partial charge in [0.25, 0.3) is 5.91 Å². The molecule has 0 saturated carbocycles. The summed E-state index contributed by atoms with van der Waals surface area (Å²) in [5.74, 6) is -1.08. The highest BCUT2D eigenvalue weighted by atomic mass is 32.1. The lowest BCUT2D eigenvalue weighted by molar-refractivity contribution is -0.137. The molecule has 1 amide bonds. The molecule has 0 radical (unpaired) electrons. The van der Waals surface area contributed by atoms with E-state index in [2.05, 4.69) is 17.1 Å². The number of nitrogens with zero attached hydrogens (tertiary/aromatic N) is 1. The number of thiophene rings is 1. The van der Waals surface area contributed by atoms with Gasteiger partial charge in [0, 0.05) is 23.5 Å². The van der Waals surface area contributed by atoms with Gasteiger partial charge in [-0.2, -0.15) is 13.2 Å². The van der Waals surface area contributed by atoms with Crippen molar-refractivity contribution in [3.8, 4) is 0 Å². The summed E-state index contributed by atoms with van der Waals surface area (Å²) in [5, 5.41) is 3.06. The number of carbonyl (C=O) groups is 2. The number of halogens is 3. The predicted molar refractivity (Wildman–Crippen MR) is 104 cm³/mol. The van der Waals surface area contributed by atoms with E-state index in [0.29, 0.717) is 23.5 Å². The van der Waals surface area contributed by atoms with Crippen molar-refractivity contribution in [1.82, 2.24) is 4.90 Å². The van der Waals surface area contributed by atoms with Gasteiger partial charge in [-0.05, 0) is 49.7 Å². The average molecular weight is 426 g/mol. The van der Waals surface area contributed by atoms with Crippen LogP contribution in [-0.4, -0.2) is 36.5 Å². The van der Waals surface area contributed by atoms with Crippen LogP contribution in [0.25, 0.3) is 0 Å². The minimum absolute atomic E-state index is 0.0781. The number of esters is 1. The number of benzene rings is 1. The second-order valence-corrected chi connectivity index (χ2v) is 7.68. The van der Waals surface area contributed by atoms with E-state index in [1.54, 1.807) is 6.92 Å². The van der Waals surface area contributed by atoms with Gasteiger partial charge in [0.2, 0.25) is 0 Å². The molecule has 1 N–H and O–H groups in total. The minimum Gasteiger partial charge on any atom is -0.462 e. The molecule has 5 nitrogen and oxygen atoms in total. The Morgan fingerprint density at radius 1 is 1.21 bits per heavy atom. The molecule has 0 fully saturated rings. The number of ether oxygens (including phenoxy) is 1. The van der Waals surface area contributed by atoms with E-state index in [4.69, 9.17) is 4.74 Å². The van der Waals surface area contributed by atoms with Gasteiger partial charge in [0.05, 0.1) is 17.7 Å². The van der Waals surface area contributed by atoms with E-state index in [9.17, 15) is 22.8 Å². The third-order valence-electron chi connectivity index (χ3n) is 4.76. The van der Waals surface area contributed by atoms with Crippen molar-refractivity contribution in [2.75, 3.05) is 25.0 Å². The van der Waals surface area contributed by atoms with E-state index in [0.717, 1.165) is 47.8 Å². The average Bonchev–Trinajstić information content (AvgIpc) is 3.04. The maximum atomic E-state index is 12.7. The number of likely N-dealkylation sites (N-methyl/N-ethyl adjacent to an activating group) is 1. The Labute approximate surface area is 170 Å². The predicted octanol–water partition coefficient (Wildman–Crippen LogP) is 4.57. The van der Waals surface area contributed by atoms with Crippen LogP contribution in [0.5, 0.6) is 0 Å². The first-order valence-corrected chi connectivity index (χ1v) is 10.1. The second kappa shape index (κ2) is 8.54. The first-order valence-electron chi connectivity index (χ1n) is 9.27. The number of hydrogen-bond donors (Lipinski definition) is 1. The van der Waals surface area contributed by atoms with E-state index in [-0.39, 0.29) is 12.2 Å².